The molecule has 0 unspecified atom stereocenters. The van der Waals surface area contributed by atoms with Gasteiger partial charge in [-0.2, -0.15) is 0 Å². The number of rotatable bonds is 2. The quantitative estimate of drug-likeness (QED) is 0.305. The van der Waals surface area contributed by atoms with Crippen LogP contribution in [-0.4, -0.2) is 82.4 Å². The molecule has 2 bridgehead atoms. The molecule has 8 rings (SSSR count). The molecule has 4 aliphatic rings. The lowest BCUT2D eigenvalue weighted by Gasteiger charge is -2.50. The van der Waals surface area contributed by atoms with Crippen LogP contribution < -0.4 is 15.0 Å². The van der Waals surface area contributed by atoms with E-state index in [9.17, 15) is 4.79 Å². The Bertz CT molecular complexity index is 1730. The number of nitrogens with one attached hydrogen (secondary N) is 1. The zero-order chi connectivity index (χ0) is 31.1. The lowest BCUT2D eigenvalue weighted by atomic mass is 9.71. The number of pyridine rings is 2. The topological polar surface area (TPSA) is 97.6 Å². The minimum atomic E-state index is -0.207. The van der Waals surface area contributed by atoms with Gasteiger partial charge >= 0.3 is 0 Å². The van der Waals surface area contributed by atoms with E-state index in [1.54, 1.807) is 12.4 Å². The van der Waals surface area contributed by atoms with Gasteiger partial charge in [-0.05, 0) is 107 Å². The van der Waals surface area contributed by atoms with Gasteiger partial charge in [0.1, 0.15) is 5.75 Å². The summed E-state index contributed by atoms with van der Waals surface area (Å²) >= 11 is 0. The summed E-state index contributed by atoms with van der Waals surface area (Å²) in [4.78, 5) is 32.8. The number of amides is 1. The van der Waals surface area contributed by atoms with Gasteiger partial charge in [0.05, 0.1) is 48.2 Å². The van der Waals surface area contributed by atoms with Crippen LogP contribution >= 0.6 is 0 Å². The molecule has 0 aliphatic carbocycles. The molecule has 46 heavy (non-hydrogen) atoms. The fourth-order valence-corrected chi connectivity index (χ4v) is 7.71. The minimum Gasteiger partial charge on any atom is -0.493 e. The Morgan fingerprint density at radius 2 is 1.74 bits per heavy atom. The normalized spacial score (nSPS) is 21.0. The number of benzene rings is 1. The third-order valence-electron chi connectivity index (χ3n) is 10.7. The second-order valence-electron chi connectivity index (χ2n) is 13.6. The maximum Gasteiger partial charge on any atom is 0.258 e. The van der Waals surface area contributed by atoms with Crippen molar-refractivity contribution in [2.45, 2.75) is 64.5 Å². The molecule has 4 aliphatic heterocycles. The van der Waals surface area contributed by atoms with Gasteiger partial charge in [-0.25, -0.2) is 4.98 Å². The maximum atomic E-state index is 13.7. The van der Waals surface area contributed by atoms with Crippen molar-refractivity contribution in [2.75, 3.05) is 56.2 Å². The van der Waals surface area contributed by atoms with Crippen molar-refractivity contribution in [1.29, 1.82) is 0 Å². The summed E-state index contributed by atoms with van der Waals surface area (Å²) in [5.74, 6) is 1.11. The first-order valence-electron chi connectivity index (χ1n) is 17.0. The van der Waals surface area contributed by atoms with Crippen LogP contribution in [0.2, 0.25) is 0 Å². The van der Waals surface area contributed by atoms with Gasteiger partial charge in [0.15, 0.2) is 0 Å². The number of likely N-dealkylation sites (tertiary alicyclic amines) is 1. The minimum absolute atomic E-state index is 0.207. The van der Waals surface area contributed by atoms with E-state index < -0.39 is 0 Å². The van der Waals surface area contributed by atoms with E-state index in [1.165, 1.54) is 44.5 Å². The Kier molecular flexibility index (Phi) is 7.86. The van der Waals surface area contributed by atoms with Crippen LogP contribution in [0.1, 0.15) is 61.0 Å². The second-order valence-corrected chi connectivity index (χ2v) is 13.6. The predicted octanol–water partition coefficient (Wildman–Crippen LogP) is 5.70. The molecule has 10 nitrogen and oxygen atoms in total. The molecule has 4 aromatic rings. The highest BCUT2D eigenvalue weighted by atomic mass is 16.5. The van der Waals surface area contributed by atoms with E-state index in [0.717, 1.165) is 80.2 Å². The van der Waals surface area contributed by atoms with Gasteiger partial charge in [-0.3, -0.25) is 25.0 Å². The van der Waals surface area contributed by atoms with Crippen LogP contribution in [0.4, 0.5) is 11.6 Å². The Balaban J connectivity index is 1.04. The first kappa shape index (κ1) is 29.4. The molecule has 0 saturated carbocycles. The molecule has 1 amide bonds. The van der Waals surface area contributed by atoms with Gasteiger partial charge in [0, 0.05) is 49.0 Å². The molecule has 7 heterocycles. The van der Waals surface area contributed by atoms with Gasteiger partial charge in [-0.1, -0.05) is 0 Å². The summed E-state index contributed by atoms with van der Waals surface area (Å²) in [5, 5.41) is 3.15. The van der Waals surface area contributed by atoms with Crippen molar-refractivity contribution in [3.8, 4) is 17.0 Å². The molecule has 0 atom stereocenters. The molecule has 3 fully saturated rings. The Morgan fingerprint density at radius 3 is 2.54 bits per heavy atom. The molecule has 240 valence electrons. The average molecular weight is 622 g/mol. The number of fused-ring (bicyclic) bond motifs is 7. The number of hydrogen-bond acceptors (Lipinski definition) is 8. The highest BCUT2D eigenvalue weighted by Gasteiger charge is 2.40. The predicted molar refractivity (Wildman–Crippen MR) is 179 cm³/mol. The lowest BCUT2D eigenvalue weighted by Crippen LogP contribution is -2.54. The molecule has 1 spiro atoms. The third kappa shape index (κ3) is 5.73. The summed E-state index contributed by atoms with van der Waals surface area (Å²) in [6, 6.07) is 12.7. The first-order valence-corrected chi connectivity index (χ1v) is 17.0. The van der Waals surface area contributed by atoms with E-state index in [1.807, 2.05) is 25.1 Å². The molecule has 1 N–H and O–H groups in total. The third-order valence-corrected chi connectivity index (χ3v) is 10.7. The summed E-state index contributed by atoms with van der Waals surface area (Å²) in [6.45, 7) is 9.69. The van der Waals surface area contributed by atoms with E-state index in [0.29, 0.717) is 35.3 Å². The summed E-state index contributed by atoms with van der Waals surface area (Å²) in [6.07, 6.45) is 11.5. The summed E-state index contributed by atoms with van der Waals surface area (Å²) in [7, 11) is 0. The van der Waals surface area contributed by atoms with Crippen molar-refractivity contribution in [2.24, 2.45) is 5.41 Å². The highest BCUT2D eigenvalue weighted by Crippen LogP contribution is 2.43. The highest BCUT2D eigenvalue weighted by molar-refractivity contribution is 6.05. The first-order chi connectivity index (χ1) is 22.5. The molecule has 1 aromatic carbocycles. The van der Waals surface area contributed by atoms with Crippen molar-refractivity contribution >= 4 is 28.6 Å². The monoisotopic (exact) mass is 621 g/mol. The Labute approximate surface area is 270 Å². The van der Waals surface area contributed by atoms with E-state index in [2.05, 4.69) is 42.9 Å². The van der Waals surface area contributed by atoms with Gasteiger partial charge in [0.2, 0.25) is 5.95 Å². The number of aryl methyl sites for hydroxylation is 2. The fraction of sp³-hybridized carbons (Fsp3) is 0.500. The number of ether oxygens (including phenoxy) is 2. The standard InChI is InChI=1S/C36H43N7O3/c1-25-19-26-20-31(38-25)29-22-37-12-7-33(29)46-18-4-2-3-13-43-32-21-27(5-6-30(32)39-35(43)40-34(26)44)41-14-8-36(9-15-41)10-16-42(17-11-36)28-23-45-24-28/h5-7,12,19-22,28H,2-4,8-11,13-18,23-24H2,1H3,(H,39,40,44). The number of anilines is 2. The SMILES string of the molecule is Cc1cc2cc(n1)-c1cnccc1OCCCCCn1c(nc3ccc(N4CCC5(CC4)CCN(C4COC4)CC5)cc31)NC2=O. The molecular weight excluding hydrogens is 578 g/mol. The smallest absolute Gasteiger partial charge is 0.258 e. The van der Waals surface area contributed by atoms with E-state index >= 15 is 0 Å². The number of piperidine rings is 2. The largest absolute Gasteiger partial charge is 0.493 e. The zero-order valence-electron chi connectivity index (χ0n) is 26.7. The zero-order valence-corrected chi connectivity index (χ0v) is 26.7. The van der Waals surface area contributed by atoms with Crippen molar-refractivity contribution in [1.82, 2.24) is 24.4 Å². The average Bonchev–Trinajstić information content (AvgIpc) is 3.38. The number of carbonyl (C=O) groups is 1. The van der Waals surface area contributed by atoms with Crippen molar-refractivity contribution < 1.29 is 14.3 Å². The van der Waals surface area contributed by atoms with Gasteiger partial charge in [0.25, 0.3) is 5.91 Å². The number of hydrogen-bond donors (Lipinski definition) is 1. The molecule has 10 heteroatoms. The summed E-state index contributed by atoms with van der Waals surface area (Å²) < 4.78 is 13.8. The molecular formula is C36H43N7O3. The van der Waals surface area contributed by atoms with E-state index in [-0.39, 0.29) is 5.91 Å². The fourth-order valence-electron chi connectivity index (χ4n) is 7.71. The number of aromatic nitrogens is 4. The Morgan fingerprint density at radius 1 is 0.913 bits per heavy atom. The van der Waals surface area contributed by atoms with Gasteiger partial charge in [-0.15, -0.1) is 0 Å². The van der Waals surface area contributed by atoms with Gasteiger partial charge < -0.3 is 18.9 Å². The van der Waals surface area contributed by atoms with Crippen LogP contribution in [0.15, 0.2) is 48.8 Å². The maximum absolute atomic E-state index is 13.7. The molecule has 3 saturated heterocycles. The van der Waals surface area contributed by atoms with Crippen LogP contribution in [0.25, 0.3) is 22.3 Å². The van der Waals surface area contributed by atoms with Crippen LogP contribution in [0.5, 0.6) is 5.75 Å². The molecule has 0 radical (unpaired) electrons. The summed E-state index contributed by atoms with van der Waals surface area (Å²) in [5.41, 5.74) is 6.42. The number of imidazole rings is 1. The van der Waals surface area contributed by atoms with E-state index in [4.69, 9.17) is 19.4 Å². The number of nitrogens with zero attached hydrogens (tertiary/aromatic N) is 6. The van der Waals surface area contributed by atoms with Crippen molar-refractivity contribution in [3.05, 3.63) is 60.0 Å². The van der Waals surface area contributed by atoms with Crippen LogP contribution in [-0.2, 0) is 11.3 Å². The van der Waals surface area contributed by atoms with Crippen molar-refractivity contribution in [3.63, 3.8) is 0 Å². The van der Waals surface area contributed by atoms with Crippen LogP contribution in [0, 0.1) is 12.3 Å². The number of carbonyl (C=O) groups excluding carboxylic acids is 1. The van der Waals surface area contributed by atoms with Crippen LogP contribution in [0.3, 0.4) is 0 Å². The lowest BCUT2D eigenvalue weighted by molar-refractivity contribution is -0.0834. The molecule has 3 aromatic heterocycles. The Hall–Kier alpha value is -4.02. The second kappa shape index (κ2) is 12.3.